The van der Waals surface area contributed by atoms with E-state index in [0.717, 1.165) is 22.7 Å². The number of carbonyl (C=O) groups excluding carboxylic acids is 1. The van der Waals surface area contributed by atoms with Gasteiger partial charge in [0, 0.05) is 10.0 Å². The summed E-state index contributed by atoms with van der Waals surface area (Å²) in [5, 5.41) is 0. The summed E-state index contributed by atoms with van der Waals surface area (Å²) >= 11 is 3.49. The third-order valence-corrected chi connectivity index (χ3v) is 3.30. The molecule has 2 rings (SSSR count). The first-order chi connectivity index (χ1) is 8.24. The number of halogens is 1. The molecule has 86 valence electrons. The van der Waals surface area contributed by atoms with Crippen molar-refractivity contribution in [3.63, 3.8) is 0 Å². The number of hydrogen-bond acceptors (Lipinski definition) is 1. The van der Waals surface area contributed by atoms with Gasteiger partial charge in [-0.3, -0.25) is 4.79 Å². The van der Waals surface area contributed by atoms with Crippen molar-refractivity contribution in [2.24, 2.45) is 0 Å². The number of hydrogen-bond donors (Lipinski definition) is 0. The number of aryl methyl sites for hydroxylation is 1. The summed E-state index contributed by atoms with van der Waals surface area (Å²) in [5.41, 5.74) is 4.40. The number of aldehydes is 1. The van der Waals surface area contributed by atoms with Crippen LogP contribution in [0, 0.1) is 0 Å². The van der Waals surface area contributed by atoms with Crippen LogP contribution in [0.2, 0.25) is 0 Å². The van der Waals surface area contributed by atoms with Crippen LogP contribution < -0.4 is 0 Å². The van der Waals surface area contributed by atoms with Crippen molar-refractivity contribution in [1.29, 1.82) is 0 Å². The van der Waals surface area contributed by atoms with Gasteiger partial charge >= 0.3 is 0 Å². The van der Waals surface area contributed by atoms with Gasteiger partial charge < -0.3 is 0 Å². The van der Waals surface area contributed by atoms with E-state index in [1.807, 2.05) is 30.3 Å². The molecule has 2 aromatic rings. The minimum Gasteiger partial charge on any atom is -0.298 e. The fourth-order valence-corrected chi connectivity index (χ4v) is 2.29. The predicted molar refractivity (Wildman–Crippen MR) is 74.3 cm³/mol. The van der Waals surface area contributed by atoms with Crippen molar-refractivity contribution in [3.05, 3.63) is 58.1 Å². The lowest BCUT2D eigenvalue weighted by Crippen LogP contribution is -1.88. The van der Waals surface area contributed by atoms with Crippen LogP contribution in [0.4, 0.5) is 0 Å². The first kappa shape index (κ1) is 12.1. The van der Waals surface area contributed by atoms with Gasteiger partial charge in [-0.15, -0.1) is 0 Å². The van der Waals surface area contributed by atoms with E-state index in [9.17, 15) is 4.79 Å². The summed E-state index contributed by atoms with van der Waals surface area (Å²) in [4.78, 5) is 10.6. The molecule has 0 N–H and O–H groups in total. The summed E-state index contributed by atoms with van der Waals surface area (Å²) in [6.07, 6.45) is 1.86. The van der Waals surface area contributed by atoms with Gasteiger partial charge in [0.1, 0.15) is 6.29 Å². The number of carbonyl (C=O) groups is 1. The average Bonchev–Trinajstić information content (AvgIpc) is 2.39. The normalized spacial score (nSPS) is 10.2. The fourth-order valence-electron chi connectivity index (χ4n) is 1.88. The Kier molecular flexibility index (Phi) is 3.75. The quantitative estimate of drug-likeness (QED) is 0.761. The monoisotopic (exact) mass is 288 g/mol. The molecule has 0 aromatic heterocycles. The Morgan fingerprint density at radius 3 is 2.41 bits per heavy atom. The Morgan fingerprint density at radius 2 is 1.82 bits per heavy atom. The minimum atomic E-state index is 0.712. The van der Waals surface area contributed by atoms with Crippen LogP contribution in [0.5, 0.6) is 0 Å². The van der Waals surface area contributed by atoms with Crippen molar-refractivity contribution in [3.8, 4) is 11.1 Å². The van der Waals surface area contributed by atoms with Crippen LogP contribution in [-0.2, 0) is 6.42 Å². The molecule has 0 spiro atoms. The third-order valence-electron chi connectivity index (χ3n) is 2.81. The zero-order chi connectivity index (χ0) is 12.3. The SMILES string of the molecule is CCc1cc(Br)ccc1-c1ccc(C=O)cc1. The Bertz CT molecular complexity index is 529. The second-order valence-corrected chi connectivity index (χ2v) is 4.81. The Morgan fingerprint density at radius 1 is 1.12 bits per heavy atom. The highest BCUT2D eigenvalue weighted by Gasteiger charge is 2.04. The maximum Gasteiger partial charge on any atom is 0.150 e. The summed E-state index contributed by atoms with van der Waals surface area (Å²) < 4.78 is 1.10. The maximum atomic E-state index is 10.6. The molecular weight excluding hydrogens is 276 g/mol. The van der Waals surface area contributed by atoms with E-state index < -0.39 is 0 Å². The average molecular weight is 289 g/mol. The lowest BCUT2D eigenvalue weighted by atomic mass is 9.97. The molecule has 0 atom stereocenters. The fraction of sp³-hybridized carbons (Fsp3) is 0.133. The highest BCUT2D eigenvalue weighted by molar-refractivity contribution is 9.10. The molecule has 2 aromatic carbocycles. The summed E-state index contributed by atoms with van der Waals surface area (Å²) in [6, 6.07) is 14.0. The van der Waals surface area contributed by atoms with Crippen LogP contribution in [0.15, 0.2) is 46.9 Å². The highest BCUT2D eigenvalue weighted by atomic mass is 79.9. The van der Waals surface area contributed by atoms with Crippen LogP contribution in [0.25, 0.3) is 11.1 Å². The van der Waals surface area contributed by atoms with Crippen molar-refractivity contribution in [1.82, 2.24) is 0 Å². The molecular formula is C15H13BrO. The van der Waals surface area contributed by atoms with E-state index in [2.05, 4.69) is 35.0 Å². The summed E-state index contributed by atoms with van der Waals surface area (Å²) in [5.74, 6) is 0. The Labute approximate surface area is 110 Å². The lowest BCUT2D eigenvalue weighted by Gasteiger charge is -2.08. The second kappa shape index (κ2) is 5.28. The first-order valence-corrected chi connectivity index (χ1v) is 6.38. The van der Waals surface area contributed by atoms with Gasteiger partial charge in [0.25, 0.3) is 0 Å². The van der Waals surface area contributed by atoms with E-state index in [1.54, 1.807) is 0 Å². The van der Waals surface area contributed by atoms with E-state index in [0.29, 0.717) is 5.56 Å². The van der Waals surface area contributed by atoms with E-state index in [1.165, 1.54) is 11.1 Å². The van der Waals surface area contributed by atoms with Crippen LogP contribution in [0.3, 0.4) is 0 Å². The van der Waals surface area contributed by atoms with E-state index >= 15 is 0 Å². The van der Waals surface area contributed by atoms with Crippen molar-refractivity contribution in [2.45, 2.75) is 13.3 Å². The van der Waals surface area contributed by atoms with Gasteiger partial charge in [0.05, 0.1) is 0 Å². The van der Waals surface area contributed by atoms with Crippen LogP contribution in [0.1, 0.15) is 22.8 Å². The van der Waals surface area contributed by atoms with Crippen LogP contribution in [-0.4, -0.2) is 6.29 Å². The third kappa shape index (κ3) is 2.64. The van der Waals surface area contributed by atoms with Gasteiger partial charge in [-0.25, -0.2) is 0 Å². The van der Waals surface area contributed by atoms with Gasteiger partial charge in [-0.1, -0.05) is 53.2 Å². The second-order valence-electron chi connectivity index (χ2n) is 3.89. The molecule has 0 radical (unpaired) electrons. The van der Waals surface area contributed by atoms with E-state index in [-0.39, 0.29) is 0 Å². The molecule has 0 heterocycles. The molecule has 0 aliphatic heterocycles. The molecule has 17 heavy (non-hydrogen) atoms. The van der Waals surface area contributed by atoms with Crippen LogP contribution >= 0.6 is 15.9 Å². The Hall–Kier alpha value is -1.41. The molecule has 0 amide bonds. The highest BCUT2D eigenvalue weighted by Crippen LogP contribution is 2.27. The topological polar surface area (TPSA) is 17.1 Å². The number of benzene rings is 2. The number of rotatable bonds is 3. The van der Waals surface area contributed by atoms with Gasteiger partial charge in [-0.2, -0.15) is 0 Å². The molecule has 2 heteroatoms. The predicted octanol–water partition coefficient (Wildman–Crippen LogP) is 4.49. The Balaban J connectivity index is 2.48. The van der Waals surface area contributed by atoms with Gasteiger partial charge in [0.15, 0.2) is 0 Å². The van der Waals surface area contributed by atoms with Crippen molar-refractivity contribution >= 4 is 22.2 Å². The zero-order valence-corrected chi connectivity index (χ0v) is 11.2. The van der Waals surface area contributed by atoms with Crippen molar-refractivity contribution < 1.29 is 4.79 Å². The molecule has 0 bridgehead atoms. The largest absolute Gasteiger partial charge is 0.298 e. The first-order valence-electron chi connectivity index (χ1n) is 5.58. The summed E-state index contributed by atoms with van der Waals surface area (Å²) in [7, 11) is 0. The van der Waals surface area contributed by atoms with Gasteiger partial charge in [-0.05, 0) is 35.2 Å². The molecule has 0 saturated heterocycles. The van der Waals surface area contributed by atoms with E-state index in [4.69, 9.17) is 0 Å². The zero-order valence-electron chi connectivity index (χ0n) is 9.61. The van der Waals surface area contributed by atoms with Gasteiger partial charge in [0.2, 0.25) is 0 Å². The standard InChI is InChI=1S/C15H13BrO/c1-2-12-9-14(16)7-8-15(12)13-5-3-11(10-17)4-6-13/h3-10H,2H2,1H3. The molecule has 0 aliphatic rings. The summed E-state index contributed by atoms with van der Waals surface area (Å²) in [6.45, 7) is 2.14. The molecule has 0 unspecified atom stereocenters. The minimum absolute atomic E-state index is 0.712. The smallest absolute Gasteiger partial charge is 0.150 e. The lowest BCUT2D eigenvalue weighted by molar-refractivity contribution is 0.112. The maximum absolute atomic E-state index is 10.6. The van der Waals surface area contributed by atoms with Crippen molar-refractivity contribution in [2.75, 3.05) is 0 Å². The molecule has 0 aliphatic carbocycles. The molecule has 0 saturated carbocycles. The molecule has 1 nitrogen and oxygen atoms in total. The molecule has 0 fully saturated rings.